The Labute approximate surface area is 131 Å². The lowest BCUT2D eigenvalue weighted by Gasteiger charge is -2.36. The minimum absolute atomic E-state index is 0.193. The Balaban J connectivity index is 1.32. The summed E-state index contributed by atoms with van der Waals surface area (Å²) in [5.74, 6) is 2.69. The summed E-state index contributed by atoms with van der Waals surface area (Å²) in [5.41, 5.74) is 0. The number of ether oxygens (including phenoxy) is 1. The molecule has 0 radical (unpaired) electrons. The van der Waals surface area contributed by atoms with Crippen LogP contribution in [0.5, 0.6) is 0 Å². The smallest absolute Gasteiger partial charge is 0.223 e. The van der Waals surface area contributed by atoms with Gasteiger partial charge < -0.3 is 15.0 Å². The monoisotopic (exact) mass is 301 g/mol. The molecular weight excluding hydrogens is 278 g/mol. The van der Waals surface area contributed by atoms with Gasteiger partial charge in [-0.25, -0.2) is 4.98 Å². The zero-order valence-corrected chi connectivity index (χ0v) is 12.8. The van der Waals surface area contributed by atoms with Crippen LogP contribution in [0.1, 0.15) is 19.3 Å². The second kappa shape index (κ2) is 5.88. The van der Waals surface area contributed by atoms with Gasteiger partial charge in [-0.1, -0.05) is 6.07 Å². The number of carbonyl (C=O) groups excluding carboxylic acids is 1. The highest BCUT2D eigenvalue weighted by Crippen LogP contribution is 2.35. The second-order valence-corrected chi connectivity index (χ2v) is 6.74. The number of carbonyl (C=O) groups is 1. The van der Waals surface area contributed by atoms with E-state index in [4.69, 9.17) is 4.74 Å². The van der Waals surface area contributed by atoms with Crippen molar-refractivity contribution in [1.82, 2.24) is 10.3 Å². The fourth-order valence-electron chi connectivity index (χ4n) is 3.74. The van der Waals surface area contributed by atoms with Crippen LogP contribution < -0.4 is 10.2 Å². The van der Waals surface area contributed by atoms with Gasteiger partial charge >= 0.3 is 0 Å². The van der Waals surface area contributed by atoms with E-state index in [-0.39, 0.29) is 17.9 Å². The van der Waals surface area contributed by atoms with Crippen LogP contribution >= 0.6 is 0 Å². The summed E-state index contributed by atoms with van der Waals surface area (Å²) in [6.45, 7) is 3.52. The molecule has 1 N–H and O–H groups in total. The fourth-order valence-corrected chi connectivity index (χ4v) is 3.74. The first-order chi connectivity index (χ1) is 10.8. The molecule has 5 heteroatoms. The molecule has 3 aliphatic rings. The number of fused-ring (bicyclic) bond motifs is 1. The highest BCUT2D eigenvalue weighted by atomic mass is 16.5. The van der Waals surface area contributed by atoms with E-state index in [1.165, 1.54) is 0 Å². The predicted molar refractivity (Wildman–Crippen MR) is 83.5 cm³/mol. The Morgan fingerprint density at radius 3 is 3.05 bits per heavy atom. The van der Waals surface area contributed by atoms with Gasteiger partial charge in [-0.15, -0.1) is 0 Å². The van der Waals surface area contributed by atoms with Crippen molar-refractivity contribution in [2.45, 2.75) is 25.4 Å². The summed E-state index contributed by atoms with van der Waals surface area (Å²) in [6, 6.07) is 6.06. The summed E-state index contributed by atoms with van der Waals surface area (Å²) in [7, 11) is 0. The maximum Gasteiger partial charge on any atom is 0.223 e. The van der Waals surface area contributed by atoms with E-state index in [1.807, 2.05) is 18.3 Å². The standard InChI is InChI=1S/C17H23N3O2/c21-17(12-4-5-12)19-9-15-14-6-8-20(10-13(14)11-22-15)16-3-1-2-7-18-16/h1-3,7,12-15H,4-6,8-11H2,(H,19,21)/t13-,14-,15+/m1/s1. The molecule has 1 amide bonds. The number of amides is 1. The molecule has 3 atom stereocenters. The van der Waals surface area contributed by atoms with Crippen LogP contribution in [-0.4, -0.2) is 43.2 Å². The molecule has 3 fully saturated rings. The van der Waals surface area contributed by atoms with Crippen LogP contribution in [0, 0.1) is 17.8 Å². The van der Waals surface area contributed by atoms with Gasteiger partial charge in [0.1, 0.15) is 5.82 Å². The molecule has 4 rings (SSSR count). The lowest BCUT2D eigenvalue weighted by Crippen LogP contribution is -2.44. The molecule has 1 aliphatic carbocycles. The number of hydrogen-bond donors (Lipinski definition) is 1. The van der Waals surface area contributed by atoms with Gasteiger partial charge in [0.2, 0.25) is 5.91 Å². The van der Waals surface area contributed by atoms with Crippen LogP contribution in [0.2, 0.25) is 0 Å². The SMILES string of the molecule is O=C(NC[C@@H]1OC[C@H]2CN(c3ccccn3)CC[C@H]21)C1CC1. The van der Waals surface area contributed by atoms with Crippen LogP contribution in [0.25, 0.3) is 0 Å². The number of hydrogen-bond acceptors (Lipinski definition) is 4. The molecule has 1 aromatic rings. The van der Waals surface area contributed by atoms with E-state index in [0.717, 1.165) is 44.8 Å². The van der Waals surface area contributed by atoms with E-state index >= 15 is 0 Å². The van der Waals surface area contributed by atoms with Crippen molar-refractivity contribution < 1.29 is 9.53 Å². The third-order valence-electron chi connectivity index (χ3n) is 5.19. The number of nitrogens with one attached hydrogen (secondary N) is 1. The zero-order chi connectivity index (χ0) is 14.9. The first-order valence-electron chi connectivity index (χ1n) is 8.36. The number of aromatic nitrogens is 1. The Bertz CT molecular complexity index is 532. The molecule has 1 saturated carbocycles. The lowest BCUT2D eigenvalue weighted by atomic mass is 9.84. The van der Waals surface area contributed by atoms with Crippen LogP contribution in [0.15, 0.2) is 24.4 Å². The number of nitrogens with zero attached hydrogens (tertiary/aromatic N) is 2. The summed E-state index contributed by atoms with van der Waals surface area (Å²) < 4.78 is 5.97. The number of pyridine rings is 1. The summed E-state index contributed by atoms with van der Waals surface area (Å²) in [4.78, 5) is 18.6. The second-order valence-electron chi connectivity index (χ2n) is 6.74. The first kappa shape index (κ1) is 14.0. The topological polar surface area (TPSA) is 54.5 Å². The molecule has 0 unspecified atom stereocenters. The number of rotatable bonds is 4. The zero-order valence-electron chi connectivity index (χ0n) is 12.8. The molecule has 5 nitrogen and oxygen atoms in total. The molecule has 0 aromatic carbocycles. The van der Waals surface area contributed by atoms with Crippen molar-refractivity contribution >= 4 is 11.7 Å². The quantitative estimate of drug-likeness (QED) is 0.914. The van der Waals surface area contributed by atoms with Crippen molar-refractivity contribution in [1.29, 1.82) is 0 Å². The summed E-state index contributed by atoms with van der Waals surface area (Å²) in [6.07, 6.45) is 5.28. The van der Waals surface area contributed by atoms with Gasteiger partial charge in [0, 0.05) is 37.7 Å². The van der Waals surface area contributed by atoms with Gasteiger partial charge in [-0.2, -0.15) is 0 Å². The minimum atomic E-state index is 0.193. The van der Waals surface area contributed by atoms with Gasteiger partial charge in [0.15, 0.2) is 0 Å². The first-order valence-corrected chi connectivity index (χ1v) is 8.36. The molecular formula is C17H23N3O2. The Morgan fingerprint density at radius 2 is 2.27 bits per heavy atom. The van der Waals surface area contributed by atoms with E-state index < -0.39 is 0 Å². The molecule has 118 valence electrons. The van der Waals surface area contributed by atoms with Crippen molar-refractivity contribution in [3.63, 3.8) is 0 Å². The third-order valence-corrected chi connectivity index (χ3v) is 5.19. The minimum Gasteiger partial charge on any atom is -0.376 e. The van der Waals surface area contributed by atoms with Crippen molar-refractivity contribution in [2.75, 3.05) is 31.1 Å². The molecule has 0 spiro atoms. The normalized spacial score (nSPS) is 30.9. The predicted octanol–water partition coefficient (Wildman–Crippen LogP) is 1.45. The van der Waals surface area contributed by atoms with Gasteiger partial charge in [0.25, 0.3) is 0 Å². The maximum absolute atomic E-state index is 11.8. The van der Waals surface area contributed by atoms with Crippen LogP contribution in [0.3, 0.4) is 0 Å². The van der Waals surface area contributed by atoms with Crippen LogP contribution in [0.4, 0.5) is 5.82 Å². The molecule has 2 saturated heterocycles. The number of piperidine rings is 1. The molecule has 1 aromatic heterocycles. The van der Waals surface area contributed by atoms with Gasteiger partial charge in [-0.05, 0) is 37.3 Å². The number of anilines is 1. The Hall–Kier alpha value is -1.62. The average Bonchev–Trinajstić information content (AvgIpc) is 3.34. The molecule has 0 bridgehead atoms. The Kier molecular flexibility index (Phi) is 3.74. The van der Waals surface area contributed by atoms with Gasteiger partial charge in [0.05, 0.1) is 12.7 Å². The van der Waals surface area contributed by atoms with E-state index in [2.05, 4.69) is 21.3 Å². The van der Waals surface area contributed by atoms with Gasteiger partial charge in [-0.3, -0.25) is 4.79 Å². The van der Waals surface area contributed by atoms with Crippen molar-refractivity contribution in [3.8, 4) is 0 Å². The summed E-state index contributed by atoms with van der Waals surface area (Å²) in [5, 5.41) is 3.07. The van der Waals surface area contributed by atoms with E-state index in [9.17, 15) is 4.79 Å². The average molecular weight is 301 g/mol. The fraction of sp³-hybridized carbons (Fsp3) is 0.647. The van der Waals surface area contributed by atoms with Crippen molar-refractivity contribution in [2.24, 2.45) is 17.8 Å². The van der Waals surface area contributed by atoms with E-state index in [1.54, 1.807) is 0 Å². The maximum atomic E-state index is 11.8. The Morgan fingerprint density at radius 1 is 1.36 bits per heavy atom. The largest absolute Gasteiger partial charge is 0.376 e. The van der Waals surface area contributed by atoms with E-state index in [0.29, 0.717) is 18.4 Å². The van der Waals surface area contributed by atoms with Crippen LogP contribution in [-0.2, 0) is 9.53 Å². The highest BCUT2D eigenvalue weighted by molar-refractivity contribution is 5.80. The lowest BCUT2D eigenvalue weighted by molar-refractivity contribution is -0.122. The highest BCUT2D eigenvalue weighted by Gasteiger charge is 2.41. The summed E-state index contributed by atoms with van der Waals surface area (Å²) >= 11 is 0. The third kappa shape index (κ3) is 2.82. The molecule has 3 heterocycles. The molecule has 2 aliphatic heterocycles. The van der Waals surface area contributed by atoms with Crippen molar-refractivity contribution in [3.05, 3.63) is 24.4 Å². The molecule has 22 heavy (non-hydrogen) atoms.